The molecule has 0 aliphatic carbocycles. The van der Waals surface area contributed by atoms with E-state index >= 15 is 0 Å². The van der Waals surface area contributed by atoms with Crippen molar-refractivity contribution in [1.82, 2.24) is 4.90 Å². The number of rotatable bonds is 3. The smallest absolute Gasteiger partial charge is 0.241 e. The number of anilines is 1. The van der Waals surface area contributed by atoms with Crippen LogP contribution in [0.25, 0.3) is 10.8 Å². The van der Waals surface area contributed by atoms with Gasteiger partial charge in [-0.3, -0.25) is 9.69 Å². The Morgan fingerprint density at radius 2 is 1.78 bits per heavy atom. The summed E-state index contributed by atoms with van der Waals surface area (Å²) in [6.07, 6.45) is 0.323. The first-order valence-electron chi connectivity index (χ1n) is 8.22. The lowest BCUT2D eigenvalue weighted by Crippen LogP contribution is -2.52. The largest absolute Gasteiger partial charge is 0.373 e. The van der Waals surface area contributed by atoms with Crippen molar-refractivity contribution in [2.75, 3.05) is 18.4 Å². The highest BCUT2D eigenvalue weighted by atomic mass is 16.5. The molecule has 1 heterocycles. The van der Waals surface area contributed by atoms with Crippen molar-refractivity contribution >= 4 is 22.4 Å². The zero-order chi connectivity index (χ0) is 16.4. The molecule has 4 nitrogen and oxygen atoms in total. The van der Waals surface area contributed by atoms with Gasteiger partial charge in [-0.2, -0.15) is 0 Å². The molecular formula is C19H24N2O2. The second-order valence-corrected chi connectivity index (χ2v) is 6.44. The van der Waals surface area contributed by atoms with E-state index < -0.39 is 0 Å². The summed E-state index contributed by atoms with van der Waals surface area (Å²) < 4.78 is 5.74. The summed E-state index contributed by atoms with van der Waals surface area (Å²) in [5, 5.41) is 5.35. The molecule has 1 N–H and O–H groups in total. The van der Waals surface area contributed by atoms with Crippen LogP contribution in [-0.2, 0) is 9.53 Å². The summed E-state index contributed by atoms with van der Waals surface area (Å²) in [5.41, 5.74) is 0.843. The maximum Gasteiger partial charge on any atom is 0.241 e. The summed E-state index contributed by atoms with van der Waals surface area (Å²) in [6.45, 7) is 7.64. The lowest BCUT2D eigenvalue weighted by molar-refractivity contribution is -0.126. The van der Waals surface area contributed by atoms with E-state index in [4.69, 9.17) is 4.74 Å². The first kappa shape index (κ1) is 16.0. The molecule has 1 fully saturated rings. The quantitative estimate of drug-likeness (QED) is 0.945. The van der Waals surface area contributed by atoms with E-state index in [1.165, 1.54) is 5.39 Å². The summed E-state index contributed by atoms with van der Waals surface area (Å²) in [4.78, 5) is 14.8. The molecule has 1 amide bonds. The number of nitrogens with one attached hydrogen (secondary N) is 1. The number of fused-ring (bicyclic) bond motifs is 1. The van der Waals surface area contributed by atoms with Crippen molar-refractivity contribution in [2.45, 2.75) is 39.0 Å². The monoisotopic (exact) mass is 312 g/mol. The van der Waals surface area contributed by atoms with E-state index in [0.29, 0.717) is 0 Å². The molecule has 0 saturated carbocycles. The van der Waals surface area contributed by atoms with Crippen LogP contribution < -0.4 is 5.32 Å². The van der Waals surface area contributed by atoms with Gasteiger partial charge in [0.15, 0.2) is 0 Å². The van der Waals surface area contributed by atoms with Crippen LogP contribution in [0.5, 0.6) is 0 Å². The minimum Gasteiger partial charge on any atom is -0.373 e. The lowest BCUT2D eigenvalue weighted by Gasteiger charge is -2.38. The third-order valence-corrected chi connectivity index (χ3v) is 4.39. The number of carbonyl (C=O) groups is 1. The first-order chi connectivity index (χ1) is 11.0. The molecule has 0 radical (unpaired) electrons. The van der Waals surface area contributed by atoms with Crippen LogP contribution >= 0.6 is 0 Å². The van der Waals surface area contributed by atoms with Gasteiger partial charge in [-0.15, -0.1) is 0 Å². The Labute approximate surface area is 137 Å². The Morgan fingerprint density at radius 1 is 1.13 bits per heavy atom. The molecule has 3 rings (SSSR count). The molecule has 122 valence electrons. The molecule has 3 atom stereocenters. The molecule has 1 aliphatic rings. The highest BCUT2D eigenvalue weighted by molar-refractivity contribution is 5.97. The predicted molar refractivity (Wildman–Crippen MR) is 93.6 cm³/mol. The molecule has 2 aromatic carbocycles. The number of nitrogens with zero attached hydrogens (tertiary/aromatic N) is 1. The van der Waals surface area contributed by atoms with Crippen LogP contribution in [0, 0.1) is 0 Å². The molecule has 1 aliphatic heterocycles. The number of hydrogen-bond donors (Lipinski definition) is 1. The zero-order valence-electron chi connectivity index (χ0n) is 14.0. The van der Waals surface area contributed by atoms with E-state index in [2.05, 4.69) is 36.2 Å². The van der Waals surface area contributed by atoms with Crippen LogP contribution in [0.4, 0.5) is 5.69 Å². The van der Waals surface area contributed by atoms with Crippen molar-refractivity contribution in [3.63, 3.8) is 0 Å². The molecule has 23 heavy (non-hydrogen) atoms. The molecule has 1 saturated heterocycles. The maximum absolute atomic E-state index is 12.6. The van der Waals surface area contributed by atoms with Gasteiger partial charge in [-0.1, -0.05) is 30.3 Å². The Morgan fingerprint density at radius 3 is 2.48 bits per heavy atom. The fourth-order valence-corrected chi connectivity index (χ4v) is 3.21. The minimum atomic E-state index is -0.171. The van der Waals surface area contributed by atoms with E-state index in [9.17, 15) is 4.79 Å². The first-order valence-corrected chi connectivity index (χ1v) is 8.22. The third kappa shape index (κ3) is 3.71. The topological polar surface area (TPSA) is 41.6 Å². The molecule has 0 bridgehead atoms. The Kier molecular flexibility index (Phi) is 4.64. The highest BCUT2D eigenvalue weighted by Gasteiger charge is 2.29. The van der Waals surface area contributed by atoms with Gasteiger partial charge in [-0.25, -0.2) is 0 Å². The van der Waals surface area contributed by atoms with Crippen LogP contribution in [0.2, 0.25) is 0 Å². The fourth-order valence-electron chi connectivity index (χ4n) is 3.21. The van der Waals surface area contributed by atoms with Crippen molar-refractivity contribution in [1.29, 1.82) is 0 Å². The molecule has 0 aromatic heterocycles. The van der Waals surface area contributed by atoms with E-state index in [1.54, 1.807) is 0 Å². The standard InChI is InChI=1S/C19H24N2O2/c1-13-11-21(12-14(2)23-13)15(3)19(22)20-18-9-8-16-6-4-5-7-17(16)10-18/h4-10,13-15H,11-12H2,1-3H3,(H,20,22)/t13-,14+,15-/m0/s1. The van der Waals surface area contributed by atoms with E-state index in [0.717, 1.165) is 24.2 Å². The van der Waals surface area contributed by atoms with Gasteiger partial charge < -0.3 is 10.1 Å². The summed E-state index contributed by atoms with van der Waals surface area (Å²) >= 11 is 0. The lowest BCUT2D eigenvalue weighted by atomic mass is 10.1. The van der Waals surface area contributed by atoms with Gasteiger partial charge in [0.25, 0.3) is 0 Å². The van der Waals surface area contributed by atoms with Gasteiger partial charge in [0.05, 0.1) is 18.2 Å². The van der Waals surface area contributed by atoms with Gasteiger partial charge >= 0.3 is 0 Å². The average Bonchev–Trinajstić information content (AvgIpc) is 2.53. The Bertz CT molecular complexity index is 691. The van der Waals surface area contributed by atoms with Crippen molar-refractivity contribution in [3.8, 4) is 0 Å². The maximum atomic E-state index is 12.6. The molecular weight excluding hydrogens is 288 g/mol. The second-order valence-electron chi connectivity index (χ2n) is 6.44. The summed E-state index contributed by atoms with van der Waals surface area (Å²) in [5.74, 6) is 0.0292. The normalized spacial score (nSPS) is 23.6. The second kappa shape index (κ2) is 6.69. The number of morpholine rings is 1. The van der Waals surface area contributed by atoms with Gasteiger partial charge in [-0.05, 0) is 43.7 Å². The number of amides is 1. The SMILES string of the molecule is C[C@@H]1CN([C@@H](C)C(=O)Nc2ccc3ccccc3c2)C[C@H](C)O1. The van der Waals surface area contributed by atoms with E-state index in [1.807, 2.05) is 37.3 Å². The van der Waals surface area contributed by atoms with Gasteiger partial charge in [0.2, 0.25) is 5.91 Å². The van der Waals surface area contributed by atoms with Crippen LogP contribution in [0.1, 0.15) is 20.8 Å². The van der Waals surface area contributed by atoms with Crippen molar-refractivity contribution in [2.24, 2.45) is 0 Å². The number of ether oxygens (including phenoxy) is 1. The minimum absolute atomic E-state index is 0.0292. The van der Waals surface area contributed by atoms with Crippen LogP contribution in [0.15, 0.2) is 42.5 Å². The highest BCUT2D eigenvalue weighted by Crippen LogP contribution is 2.20. The van der Waals surface area contributed by atoms with E-state index in [-0.39, 0.29) is 24.2 Å². The fraction of sp³-hybridized carbons (Fsp3) is 0.421. The molecule has 0 unspecified atom stereocenters. The average molecular weight is 312 g/mol. The van der Waals surface area contributed by atoms with Crippen molar-refractivity contribution in [3.05, 3.63) is 42.5 Å². The third-order valence-electron chi connectivity index (χ3n) is 4.39. The summed E-state index contributed by atoms with van der Waals surface area (Å²) in [7, 11) is 0. The number of hydrogen-bond acceptors (Lipinski definition) is 3. The molecule has 4 heteroatoms. The molecule has 2 aromatic rings. The van der Waals surface area contributed by atoms with Gasteiger partial charge in [0.1, 0.15) is 0 Å². The predicted octanol–water partition coefficient (Wildman–Crippen LogP) is 3.28. The number of carbonyl (C=O) groups excluding carboxylic acids is 1. The van der Waals surface area contributed by atoms with Crippen molar-refractivity contribution < 1.29 is 9.53 Å². The molecule has 0 spiro atoms. The van der Waals surface area contributed by atoms with Crippen LogP contribution in [0.3, 0.4) is 0 Å². The summed E-state index contributed by atoms with van der Waals surface area (Å²) in [6, 6.07) is 14.0. The van der Waals surface area contributed by atoms with Crippen LogP contribution in [-0.4, -0.2) is 42.1 Å². The van der Waals surface area contributed by atoms with Gasteiger partial charge in [0, 0.05) is 18.8 Å². The Balaban J connectivity index is 1.69. The Hall–Kier alpha value is -1.91. The number of benzene rings is 2. The zero-order valence-corrected chi connectivity index (χ0v) is 14.0.